The van der Waals surface area contributed by atoms with Crippen molar-refractivity contribution in [3.05, 3.63) is 23.8 Å². The predicted octanol–water partition coefficient (Wildman–Crippen LogP) is 1.15. The molecular formula is C15H19N3O2. The van der Waals surface area contributed by atoms with Gasteiger partial charge in [0, 0.05) is 32.6 Å². The Bertz CT molecular complexity index is 534. The molecule has 1 aromatic carbocycles. The number of piperazine rings is 1. The van der Waals surface area contributed by atoms with E-state index in [-0.39, 0.29) is 6.79 Å². The summed E-state index contributed by atoms with van der Waals surface area (Å²) in [6.45, 7) is 6.01. The molecule has 0 radical (unpaired) electrons. The standard InChI is InChI=1S/C15H19N3O2/c1-15(10-16,18-6-4-17-5-7-18)9-12-2-3-13-14(8-12)20-11-19-13/h2-3,8,17H,4-7,9,11H2,1H3. The summed E-state index contributed by atoms with van der Waals surface area (Å²) < 4.78 is 10.7. The number of nitrogens with one attached hydrogen (secondary N) is 1. The van der Waals surface area contributed by atoms with Gasteiger partial charge in [-0.3, -0.25) is 4.90 Å². The highest BCUT2D eigenvalue weighted by molar-refractivity contribution is 5.45. The van der Waals surface area contributed by atoms with Crippen molar-refractivity contribution in [2.24, 2.45) is 0 Å². The molecule has 5 nitrogen and oxygen atoms in total. The minimum Gasteiger partial charge on any atom is -0.454 e. The van der Waals surface area contributed by atoms with Crippen LogP contribution in [0.3, 0.4) is 0 Å². The number of nitrogens with zero attached hydrogens (tertiary/aromatic N) is 2. The lowest BCUT2D eigenvalue weighted by atomic mass is 9.91. The third kappa shape index (κ3) is 2.45. The number of benzene rings is 1. The smallest absolute Gasteiger partial charge is 0.231 e. The van der Waals surface area contributed by atoms with Crippen LogP contribution >= 0.6 is 0 Å². The normalized spacial score (nSPS) is 21.2. The molecule has 1 unspecified atom stereocenters. The third-order valence-electron chi connectivity index (χ3n) is 4.04. The minimum atomic E-state index is -0.476. The van der Waals surface area contributed by atoms with Gasteiger partial charge in [-0.2, -0.15) is 5.26 Å². The lowest BCUT2D eigenvalue weighted by molar-refractivity contribution is 0.132. The fraction of sp³-hybridized carbons (Fsp3) is 0.533. The average Bonchev–Trinajstić information content (AvgIpc) is 2.95. The Morgan fingerprint density at radius 1 is 1.30 bits per heavy atom. The molecule has 0 saturated carbocycles. The maximum atomic E-state index is 9.62. The van der Waals surface area contributed by atoms with Gasteiger partial charge in [-0.1, -0.05) is 6.07 Å². The van der Waals surface area contributed by atoms with E-state index in [9.17, 15) is 5.26 Å². The van der Waals surface area contributed by atoms with Gasteiger partial charge in [0.15, 0.2) is 11.5 Å². The van der Waals surface area contributed by atoms with Crippen LogP contribution in [0.1, 0.15) is 12.5 Å². The van der Waals surface area contributed by atoms with E-state index in [0.717, 1.165) is 43.2 Å². The monoisotopic (exact) mass is 273 g/mol. The number of fused-ring (bicyclic) bond motifs is 1. The molecule has 0 bridgehead atoms. The fourth-order valence-electron chi connectivity index (χ4n) is 2.83. The molecule has 2 aliphatic heterocycles. The summed E-state index contributed by atoms with van der Waals surface area (Å²) in [5.41, 5.74) is 0.632. The van der Waals surface area contributed by atoms with Crippen LogP contribution in [0.25, 0.3) is 0 Å². The SMILES string of the molecule is CC(C#N)(Cc1ccc2c(c1)OCO2)N1CCNCC1. The number of ether oxygens (including phenoxy) is 2. The molecule has 2 aliphatic rings. The van der Waals surface area contributed by atoms with Crippen LogP contribution in [0.15, 0.2) is 18.2 Å². The Labute approximate surface area is 119 Å². The van der Waals surface area contributed by atoms with E-state index < -0.39 is 5.54 Å². The Balaban J connectivity index is 1.78. The van der Waals surface area contributed by atoms with Crippen molar-refractivity contribution in [3.63, 3.8) is 0 Å². The van der Waals surface area contributed by atoms with Gasteiger partial charge in [0.05, 0.1) is 6.07 Å². The van der Waals surface area contributed by atoms with E-state index in [1.807, 2.05) is 25.1 Å². The first-order valence-electron chi connectivity index (χ1n) is 6.97. The van der Waals surface area contributed by atoms with E-state index in [0.29, 0.717) is 6.42 Å². The second-order valence-corrected chi connectivity index (χ2v) is 5.49. The highest BCUT2D eigenvalue weighted by atomic mass is 16.7. The topological polar surface area (TPSA) is 57.5 Å². The summed E-state index contributed by atoms with van der Waals surface area (Å²) in [4.78, 5) is 2.26. The van der Waals surface area contributed by atoms with Gasteiger partial charge in [-0.05, 0) is 24.6 Å². The molecule has 0 aliphatic carbocycles. The number of nitriles is 1. The van der Waals surface area contributed by atoms with Crippen LogP contribution in [-0.2, 0) is 6.42 Å². The van der Waals surface area contributed by atoms with Crippen molar-refractivity contribution >= 4 is 0 Å². The highest BCUT2D eigenvalue weighted by Gasteiger charge is 2.33. The second kappa shape index (κ2) is 5.31. The Morgan fingerprint density at radius 2 is 2.05 bits per heavy atom. The first kappa shape index (κ1) is 13.2. The second-order valence-electron chi connectivity index (χ2n) is 5.49. The molecule has 0 aromatic heterocycles. The molecule has 1 fully saturated rings. The number of hydrogen-bond donors (Lipinski definition) is 1. The average molecular weight is 273 g/mol. The minimum absolute atomic E-state index is 0.284. The highest BCUT2D eigenvalue weighted by Crippen LogP contribution is 2.34. The van der Waals surface area contributed by atoms with Crippen molar-refractivity contribution in [1.82, 2.24) is 10.2 Å². The molecule has 20 heavy (non-hydrogen) atoms. The molecule has 1 N–H and O–H groups in total. The third-order valence-corrected chi connectivity index (χ3v) is 4.04. The van der Waals surface area contributed by atoms with E-state index in [1.165, 1.54) is 0 Å². The largest absolute Gasteiger partial charge is 0.454 e. The van der Waals surface area contributed by atoms with Gasteiger partial charge in [-0.15, -0.1) is 0 Å². The molecular weight excluding hydrogens is 254 g/mol. The zero-order valence-electron chi connectivity index (χ0n) is 11.7. The Kier molecular flexibility index (Phi) is 3.51. The molecule has 1 atom stereocenters. The van der Waals surface area contributed by atoms with E-state index in [4.69, 9.17) is 9.47 Å². The first-order chi connectivity index (χ1) is 9.71. The molecule has 2 heterocycles. The van der Waals surface area contributed by atoms with Crippen molar-refractivity contribution in [1.29, 1.82) is 5.26 Å². The van der Waals surface area contributed by atoms with Crippen molar-refractivity contribution < 1.29 is 9.47 Å². The summed E-state index contributed by atoms with van der Waals surface area (Å²) in [5.74, 6) is 1.57. The van der Waals surface area contributed by atoms with E-state index in [2.05, 4.69) is 16.3 Å². The van der Waals surface area contributed by atoms with E-state index in [1.54, 1.807) is 0 Å². The lowest BCUT2D eigenvalue weighted by Gasteiger charge is -2.38. The van der Waals surface area contributed by atoms with Crippen LogP contribution in [-0.4, -0.2) is 43.4 Å². The van der Waals surface area contributed by atoms with Gasteiger partial charge in [-0.25, -0.2) is 0 Å². The van der Waals surface area contributed by atoms with Gasteiger partial charge in [0.2, 0.25) is 6.79 Å². The molecule has 0 spiro atoms. The Hall–Kier alpha value is -1.77. The summed E-state index contributed by atoms with van der Waals surface area (Å²) in [7, 11) is 0. The summed E-state index contributed by atoms with van der Waals surface area (Å²) >= 11 is 0. The van der Waals surface area contributed by atoms with Crippen LogP contribution < -0.4 is 14.8 Å². The molecule has 5 heteroatoms. The fourth-order valence-corrected chi connectivity index (χ4v) is 2.83. The molecule has 3 rings (SSSR count). The zero-order valence-corrected chi connectivity index (χ0v) is 11.7. The van der Waals surface area contributed by atoms with Gasteiger partial charge in [0.25, 0.3) is 0 Å². The summed E-state index contributed by atoms with van der Waals surface area (Å²) in [5, 5.41) is 12.9. The molecule has 0 amide bonds. The van der Waals surface area contributed by atoms with Crippen LogP contribution in [0.4, 0.5) is 0 Å². The lowest BCUT2D eigenvalue weighted by Crippen LogP contribution is -2.55. The van der Waals surface area contributed by atoms with Gasteiger partial charge < -0.3 is 14.8 Å². The van der Waals surface area contributed by atoms with Gasteiger partial charge >= 0.3 is 0 Å². The maximum absolute atomic E-state index is 9.62. The number of hydrogen-bond acceptors (Lipinski definition) is 5. The van der Waals surface area contributed by atoms with Crippen LogP contribution in [0.5, 0.6) is 11.5 Å². The first-order valence-corrected chi connectivity index (χ1v) is 6.97. The summed E-state index contributed by atoms with van der Waals surface area (Å²) in [6, 6.07) is 8.42. The quantitative estimate of drug-likeness (QED) is 0.895. The van der Waals surface area contributed by atoms with Crippen LogP contribution in [0.2, 0.25) is 0 Å². The molecule has 106 valence electrons. The predicted molar refractivity (Wildman–Crippen MR) is 74.7 cm³/mol. The zero-order chi connectivity index (χ0) is 14.0. The maximum Gasteiger partial charge on any atom is 0.231 e. The van der Waals surface area contributed by atoms with E-state index >= 15 is 0 Å². The Morgan fingerprint density at radius 3 is 2.80 bits per heavy atom. The van der Waals surface area contributed by atoms with Crippen molar-refractivity contribution in [2.45, 2.75) is 18.9 Å². The van der Waals surface area contributed by atoms with Gasteiger partial charge in [0.1, 0.15) is 5.54 Å². The van der Waals surface area contributed by atoms with Crippen molar-refractivity contribution in [2.75, 3.05) is 33.0 Å². The molecule has 1 saturated heterocycles. The van der Waals surface area contributed by atoms with Crippen molar-refractivity contribution in [3.8, 4) is 17.6 Å². The van der Waals surface area contributed by atoms with Crippen LogP contribution in [0, 0.1) is 11.3 Å². The number of rotatable bonds is 3. The molecule has 1 aromatic rings. The summed E-state index contributed by atoms with van der Waals surface area (Å²) in [6.07, 6.45) is 0.695.